The zero-order valence-electron chi connectivity index (χ0n) is 5.35. The van der Waals surface area contributed by atoms with Crippen LogP contribution in [0.25, 0.3) is 0 Å². The summed E-state index contributed by atoms with van der Waals surface area (Å²) < 4.78 is 4.63. The maximum Gasteiger partial charge on any atom is 0.105 e. The van der Waals surface area contributed by atoms with Crippen molar-refractivity contribution < 1.29 is 4.74 Å². The number of hydrogen-bond acceptors (Lipinski definition) is 1. The molecule has 0 amide bonds. The Morgan fingerprint density at radius 1 is 1.33 bits per heavy atom. The molecule has 0 bridgehead atoms. The molecule has 0 aromatic carbocycles. The molecule has 0 aromatic rings. The Labute approximate surface area is 61.3 Å². The zero-order valence-corrected chi connectivity index (χ0v) is 6.10. The first-order valence-electron chi connectivity index (χ1n) is 2.38. The molecule has 0 atom stereocenters. The van der Waals surface area contributed by atoms with E-state index >= 15 is 0 Å². The summed E-state index contributed by atoms with van der Waals surface area (Å²) in [5.74, 6) is 0. The van der Waals surface area contributed by atoms with Gasteiger partial charge in [0.25, 0.3) is 0 Å². The van der Waals surface area contributed by atoms with Crippen molar-refractivity contribution in [3.63, 3.8) is 0 Å². The lowest BCUT2D eigenvalue weighted by Crippen LogP contribution is -1.75. The van der Waals surface area contributed by atoms with Crippen LogP contribution in [0.5, 0.6) is 0 Å². The van der Waals surface area contributed by atoms with E-state index in [9.17, 15) is 0 Å². The minimum absolute atomic E-state index is 0.559. The second-order valence-corrected chi connectivity index (χ2v) is 1.25. The number of halogens is 1. The molecule has 0 heterocycles. The van der Waals surface area contributed by atoms with Gasteiger partial charge in [0.2, 0.25) is 0 Å². The van der Waals surface area contributed by atoms with E-state index in [1.807, 2.05) is 0 Å². The van der Waals surface area contributed by atoms with Gasteiger partial charge in [-0.3, -0.25) is 0 Å². The fourth-order valence-electron chi connectivity index (χ4n) is 0.136. The maximum absolute atomic E-state index is 4.76. The third-order valence-electron chi connectivity index (χ3n) is 0.332. The van der Waals surface area contributed by atoms with Gasteiger partial charge in [0, 0.05) is 0 Å². The predicted octanol–water partition coefficient (Wildman–Crippen LogP) is 2.70. The minimum Gasteiger partial charge on any atom is -0.498 e. The average molecular weight is 147 g/mol. The molecule has 2 heteroatoms. The minimum atomic E-state index is 0.559. The van der Waals surface area contributed by atoms with E-state index in [1.54, 1.807) is 6.08 Å². The topological polar surface area (TPSA) is 9.23 Å². The van der Waals surface area contributed by atoms with Crippen molar-refractivity contribution in [1.82, 2.24) is 0 Å². The van der Waals surface area contributed by atoms with Crippen molar-refractivity contribution >= 4 is 11.6 Å². The molecule has 0 unspecified atom stereocenters. The third-order valence-corrected chi connectivity index (χ3v) is 0.332. The normalized spacial score (nSPS) is 5.89. The summed E-state index contributed by atoms with van der Waals surface area (Å²) in [6, 6.07) is 0. The molecule has 0 saturated carbocycles. The van der Waals surface area contributed by atoms with E-state index in [-0.39, 0.29) is 0 Å². The molecular formula is C7H11ClO. The van der Waals surface area contributed by atoms with Crippen molar-refractivity contribution in [2.45, 2.75) is 0 Å². The lowest BCUT2D eigenvalue weighted by molar-refractivity contribution is 0.291. The number of rotatable bonds is 3. The summed E-state index contributed by atoms with van der Waals surface area (Å²) in [5.41, 5.74) is 1.22. The third kappa shape index (κ3) is 38.6. The summed E-state index contributed by atoms with van der Waals surface area (Å²) in [5, 5.41) is 0. The Bertz CT molecular complexity index is 71.0. The average Bonchev–Trinajstić information content (AvgIpc) is 1.86. The summed E-state index contributed by atoms with van der Waals surface area (Å²) in [7, 11) is 0. The van der Waals surface area contributed by atoms with Crippen LogP contribution in [0.1, 0.15) is 0 Å². The lowest BCUT2D eigenvalue weighted by atomic mass is 10.7. The van der Waals surface area contributed by atoms with E-state index in [2.05, 4.69) is 24.5 Å². The van der Waals surface area contributed by atoms with Gasteiger partial charge in [0.15, 0.2) is 0 Å². The summed E-state index contributed by atoms with van der Waals surface area (Å²) >= 11 is 4.76. The molecule has 0 aromatic heterocycles. The molecule has 0 rings (SSSR count). The zero-order chi connectivity index (χ0) is 7.54. The van der Waals surface area contributed by atoms with Gasteiger partial charge in [0.1, 0.15) is 6.61 Å². The van der Waals surface area contributed by atoms with Crippen LogP contribution in [-0.4, -0.2) is 6.61 Å². The van der Waals surface area contributed by atoms with Crippen LogP contribution < -0.4 is 0 Å². The van der Waals surface area contributed by atoms with Gasteiger partial charge < -0.3 is 4.74 Å². The standard InChI is InChI=1S/C5H8O.C2H3Cl/c1-3-5-6-4-2;1-2-3/h3-4H,1-2,5H2;2H,1H2. The summed E-state index contributed by atoms with van der Waals surface area (Å²) in [4.78, 5) is 0. The highest BCUT2D eigenvalue weighted by molar-refractivity contribution is 6.25. The molecule has 0 spiro atoms. The highest BCUT2D eigenvalue weighted by Gasteiger charge is 1.61. The Hall–Kier alpha value is -0.690. The first kappa shape index (κ1) is 11.2. The predicted molar refractivity (Wildman–Crippen MR) is 42.4 cm³/mol. The molecule has 1 nitrogen and oxygen atoms in total. The first-order chi connectivity index (χ1) is 4.33. The summed E-state index contributed by atoms with van der Waals surface area (Å²) in [6.07, 6.45) is 3.06. The van der Waals surface area contributed by atoms with Gasteiger partial charge in [-0.25, -0.2) is 0 Å². The fraction of sp³-hybridized carbons (Fsp3) is 0.143. The largest absolute Gasteiger partial charge is 0.498 e. The van der Waals surface area contributed by atoms with Crippen LogP contribution in [0.2, 0.25) is 0 Å². The fourth-order valence-corrected chi connectivity index (χ4v) is 0.136. The lowest BCUT2D eigenvalue weighted by Gasteiger charge is -1.86. The highest BCUT2D eigenvalue weighted by Crippen LogP contribution is 1.69. The maximum atomic E-state index is 4.76. The van der Waals surface area contributed by atoms with Gasteiger partial charge in [-0.1, -0.05) is 37.4 Å². The van der Waals surface area contributed by atoms with Crippen LogP contribution in [0.4, 0.5) is 0 Å². The van der Waals surface area contributed by atoms with Crippen molar-refractivity contribution in [2.24, 2.45) is 0 Å². The second kappa shape index (κ2) is 15.7. The van der Waals surface area contributed by atoms with E-state index in [1.165, 1.54) is 11.8 Å². The van der Waals surface area contributed by atoms with Gasteiger partial charge >= 0.3 is 0 Å². The molecule has 0 aliphatic heterocycles. The number of hydrogen-bond donors (Lipinski definition) is 0. The van der Waals surface area contributed by atoms with Crippen LogP contribution in [-0.2, 0) is 4.74 Å². The molecule has 0 fully saturated rings. The Balaban J connectivity index is 0. The molecule has 0 N–H and O–H groups in total. The van der Waals surface area contributed by atoms with E-state index < -0.39 is 0 Å². The van der Waals surface area contributed by atoms with Gasteiger partial charge in [-0.15, -0.1) is 0 Å². The smallest absolute Gasteiger partial charge is 0.105 e. The Morgan fingerprint density at radius 2 is 1.78 bits per heavy atom. The molecular weight excluding hydrogens is 136 g/mol. The molecule has 0 radical (unpaired) electrons. The van der Waals surface area contributed by atoms with Crippen molar-refractivity contribution in [1.29, 1.82) is 0 Å². The van der Waals surface area contributed by atoms with Crippen LogP contribution >= 0.6 is 11.6 Å². The first-order valence-corrected chi connectivity index (χ1v) is 2.81. The SMILES string of the molecule is C=CCOC=C.C=CCl. The molecule has 0 aliphatic rings. The summed E-state index contributed by atoms with van der Waals surface area (Å²) in [6.45, 7) is 10.4. The Morgan fingerprint density at radius 3 is 1.89 bits per heavy atom. The van der Waals surface area contributed by atoms with Gasteiger partial charge in [0.05, 0.1) is 6.26 Å². The van der Waals surface area contributed by atoms with Crippen LogP contribution in [0, 0.1) is 0 Å². The van der Waals surface area contributed by atoms with Crippen LogP contribution in [0.3, 0.4) is 0 Å². The van der Waals surface area contributed by atoms with Gasteiger partial charge in [-0.05, 0) is 5.54 Å². The van der Waals surface area contributed by atoms with Gasteiger partial charge in [-0.2, -0.15) is 0 Å². The highest BCUT2D eigenvalue weighted by atomic mass is 35.5. The van der Waals surface area contributed by atoms with Crippen molar-refractivity contribution in [2.75, 3.05) is 6.61 Å². The van der Waals surface area contributed by atoms with Crippen LogP contribution in [0.15, 0.2) is 37.6 Å². The monoisotopic (exact) mass is 146 g/mol. The molecule has 0 saturated heterocycles. The van der Waals surface area contributed by atoms with E-state index in [0.717, 1.165) is 0 Å². The molecule has 0 aliphatic carbocycles. The van der Waals surface area contributed by atoms with Crippen molar-refractivity contribution in [3.05, 3.63) is 37.6 Å². The van der Waals surface area contributed by atoms with Crippen molar-refractivity contribution in [3.8, 4) is 0 Å². The Kier molecular flexibility index (Phi) is 19.4. The molecule has 52 valence electrons. The second-order valence-electron chi connectivity index (χ2n) is 0.943. The molecule has 9 heavy (non-hydrogen) atoms. The quantitative estimate of drug-likeness (QED) is 0.338. The van der Waals surface area contributed by atoms with E-state index in [0.29, 0.717) is 6.61 Å². The van der Waals surface area contributed by atoms with E-state index in [4.69, 9.17) is 11.6 Å². The number of ether oxygens (including phenoxy) is 1.